The van der Waals surface area contributed by atoms with Gasteiger partial charge in [-0.05, 0) is 31.2 Å². The minimum atomic E-state index is -1.51. The van der Waals surface area contributed by atoms with E-state index in [1.54, 1.807) is 6.07 Å². The number of hydrogen-bond donors (Lipinski definition) is 1. The summed E-state index contributed by atoms with van der Waals surface area (Å²) in [5.74, 6) is -3.47. The number of hydrogen-bond acceptors (Lipinski definition) is 3. The number of anilines is 1. The summed E-state index contributed by atoms with van der Waals surface area (Å²) in [6.45, 7) is 2.57. The highest BCUT2D eigenvalue weighted by Crippen LogP contribution is 2.24. The molecule has 0 unspecified atom stereocenters. The highest BCUT2D eigenvalue weighted by atomic mass is 19.2. The van der Waals surface area contributed by atoms with Crippen LogP contribution in [-0.2, 0) is 0 Å². The first-order valence-corrected chi connectivity index (χ1v) is 5.35. The van der Waals surface area contributed by atoms with Crippen molar-refractivity contribution >= 4 is 5.82 Å². The molecule has 0 aliphatic rings. The van der Waals surface area contributed by atoms with E-state index in [1.807, 2.05) is 6.92 Å². The number of nitrogens with one attached hydrogen (secondary N) is 1. The van der Waals surface area contributed by atoms with Crippen LogP contribution in [-0.4, -0.2) is 16.7 Å². The van der Waals surface area contributed by atoms with Gasteiger partial charge in [0, 0.05) is 12.1 Å². The summed E-state index contributed by atoms with van der Waals surface area (Å²) in [6, 6.07) is 5.06. The standard InChI is InChI=1S/C12H10F3N3/c1-2-16-10-6-5-9(17-18-10)7-3-4-8(13)12(15)11(7)14/h3-6H,2H2,1H3,(H,16,18). The topological polar surface area (TPSA) is 37.8 Å². The van der Waals surface area contributed by atoms with Crippen LogP contribution >= 0.6 is 0 Å². The van der Waals surface area contributed by atoms with Gasteiger partial charge in [-0.15, -0.1) is 10.2 Å². The Morgan fingerprint density at radius 3 is 2.39 bits per heavy atom. The fraction of sp³-hybridized carbons (Fsp3) is 0.167. The van der Waals surface area contributed by atoms with Crippen molar-refractivity contribution in [2.24, 2.45) is 0 Å². The second-order valence-electron chi connectivity index (χ2n) is 3.56. The first kappa shape index (κ1) is 12.3. The predicted octanol–water partition coefficient (Wildman–Crippen LogP) is 2.99. The second-order valence-corrected chi connectivity index (χ2v) is 3.56. The SMILES string of the molecule is CCNc1ccc(-c2ccc(F)c(F)c2F)nn1. The van der Waals surface area contributed by atoms with Crippen molar-refractivity contribution in [3.8, 4) is 11.3 Å². The molecule has 0 radical (unpaired) electrons. The Kier molecular flexibility index (Phi) is 3.45. The normalized spacial score (nSPS) is 10.4. The summed E-state index contributed by atoms with van der Waals surface area (Å²) in [7, 11) is 0. The molecule has 0 amide bonds. The van der Waals surface area contributed by atoms with E-state index in [2.05, 4.69) is 15.5 Å². The molecule has 6 heteroatoms. The molecule has 0 aliphatic carbocycles. The zero-order chi connectivity index (χ0) is 13.1. The average Bonchev–Trinajstić information content (AvgIpc) is 2.38. The summed E-state index contributed by atoms with van der Waals surface area (Å²) in [5, 5.41) is 10.5. The molecule has 2 aromatic rings. The Hall–Kier alpha value is -2.11. The minimum Gasteiger partial charge on any atom is -0.369 e. The number of aromatic nitrogens is 2. The summed E-state index contributed by atoms with van der Waals surface area (Å²) >= 11 is 0. The zero-order valence-electron chi connectivity index (χ0n) is 9.54. The number of benzene rings is 1. The Morgan fingerprint density at radius 1 is 1.00 bits per heavy atom. The second kappa shape index (κ2) is 5.03. The van der Waals surface area contributed by atoms with Gasteiger partial charge in [-0.2, -0.15) is 0 Å². The van der Waals surface area contributed by atoms with Gasteiger partial charge in [-0.3, -0.25) is 0 Å². The molecule has 1 heterocycles. The van der Waals surface area contributed by atoms with E-state index in [9.17, 15) is 13.2 Å². The Balaban J connectivity index is 2.40. The molecular formula is C12H10F3N3. The van der Waals surface area contributed by atoms with E-state index in [1.165, 1.54) is 6.07 Å². The molecule has 0 saturated carbocycles. The predicted molar refractivity (Wildman–Crippen MR) is 61.5 cm³/mol. The lowest BCUT2D eigenvalue weighted by atomic mass is 10.1. The molecule has 0 spiro atoms. The van der Waals surface area contributed by atoms with E-state index in [0.29, 0.717) is 12.4 Å². The Bertz CT molecular complexity index is 555. The van der Waals surface area contributed by atoms with Gasteiger partial charge in [0.2, 0.25) is 0 Å². The number of nitrogens with zero attached hydrogens (tertiary/aromatic N) is 2. The monoisotopic (exact) mass is 253 g/mol. The van der Waals surface area contributed by atoms with Crippen molar-refractivity contribution in [2.75, 3.05) is 11.9 Å². The van der Waals surface area contributed by atoms with Crippen LogP contribution in [0.2, 0.25) is 0 Å². The molecule has 0 fully saturated rings. The van der Waals surface area contributed by atoms with Crippen LogP contribution in [0.1, 0.15) is 6.92 Å². The van der Waals surface area contributed by atoms with E-state index in [4.69, 9.17) is 0 Å². The quantitative estimate of drug-likeness (QED) is 0.854. The molecular weight excluding hydrogens is 243 g/mol. The first-order valence-electron chi connectivity index (χ1n) is 5.35. The average molecular weight is 253 g/mol. The summed E-state index contributed by atoms with van der Waals surface area (Å²) in [5.41, 5.74) is 0.0255. The highest BCUT2D eigenvalue weighted by molar-refractivity contribution is 5.60. The van der Waals surface area contributed by atoms with E-state index < -0.39 is 17.5 Å². The van der Waals surface area contributed by atoms with Gasteiger partial charge in [0.1, 0.15) is 5.82 Å². The minimum absolute atomic E-state index is 0.121. The lowest BCUT2D eigenvalue weighted by molar-refractivity contribution is 0.448. The van der Waals surface area contributed by atoms with Crippen molar-refractivity contribution in [1.29, 1.82) is 0 Å². The van der Waals surface area contributed by atoms with Gasteiger partial charge in [0.05, 0.1) is 5.69 Å². The van der Waals surface area contributed by atoms with E-state index >= 15 is 0 Å². The first-order chi connectivity index (χ1) is 8.63. The maximum absolute atomic E-state index is 13.5. The molecule has 1 aromatic heterocycles. The third kappa shape index (κ3) is 2.27. The lowest BCUT2D eigenvalue weighted by Gasteiger charge is -2.05. The molecule has 0 bridgehead atoms. The van der Waals surface area contributed by atoms with Crippen LogP contribution in [0, 0.1) is 17.5 Å². The van der Waals surface area contributed by atoms with Crippen LogP contribution in [0.4, 0.5) is 19.0 Å². The lowest BCUT2D eigenvalue weighted by Crippen LogP contribution is -2.01. The Labute approximate surface area is 102 Å². The molecule has 3 nitrogen and oxygen atoms in total. The molecule has 1 aromatic carbocycles. The van der Waals surface area contributed by atoms with Crippen molar-refractivity contribution in [3.05, 3.63) is 41.7 Å². The van der Waals surface area contributed by atoms with Crippen molar-refractivity contribution in [2.45, 2.75) is 6.92 Å². The molecule has 94 valence electrons. The van der Waals surface area contributed by atoms with Crippen molar-refractivity contribution in [3.63, 3.8) is 0 Å². The van der Waals surface area contributed by atoms with Gasteiger partial charge in [-0.25, -0.2) is 13.2 Å². The van der Waals surface area contributed by atoms with Gasteiger partial charge in [-0.1, -0.05) is 0 Å². The summed E-state index contributed by atoms with van der Waals surface area (Å²) < 4.78 is 39.3. The van der Waals surface area contributed by atoms with Gasteiger partial charge < -0.3 is 5.32 Å². The van der Waals surface area contributed by atoms with E-state index in [-0.39, 0.29) is 11.3 Å². The maximum Gasteiger partial charge on any atom is 0.195 e. The van der Waals surface area contributed by atoms with Crippen LogP contribution in [0.3, 0.4) is 0 Å². The smallest absolute Gasteiger partial charge is 0.195 e. The number of halogens is 3. The van der Waals surface area contributed by atoms with Crippen LogP contribution in [0.25, 0.3) is 11.3 Å². The van der Waals surface area contributed by atoms with Crippen molar-refractivity contribution < 1.29 is 13.2 Å². The summed E-state index contributed by atoms with van der Waals surface area (Å²) in [6.07, 6.45) is 0. The van der Waals surface area contributed by atoms with Crippen LogP contribution in [0.5, 0.6) is 0 Å². The van der Waals surface area contributed by atoms with Gasteiger partial charge in [0.15, 0.2) is 17.5 Å². The highest BCUT2D eigenvalue weighted by Gasteiger charge is 2.15. The third-order valence-corrected chi connectivity index (χ3v) is 2.33. The largest absolute Gasteiger partial charge is 0.369 e. The molecule has 1 N–H and O–H groups in total. The number of rotatable bonds is 3. The maximum atomic E-state index is 13.5. The van der Waals surface area contributed by atoms with Crippen LogP contribution in [0.15, 0.2) is 24.3 Å². The van der Waals surface area contributed by atoms with Crippen LogP contribution < -0.4 is 5.32 Å². The van der Waals surface area contributed by atoms with Crippen molar-refractivity contribution in [1.82, 2.24) is 10.2 Å². The molecule has 18 heavy (non-hydrogen) atoms. The van der Waals surface area contributed by atoms with E-state index in [0.717, 1.165) is 12.1 Å². The third-order valence-electron chi connectivity index (χ3n) is 2.33. The molecule has 0 atom stereocenters. The summed E-state index contributed by atoms with van der Waals surface area (Å²) in [4.78, 5) is 0. The Morgan fingerprint density at radius 2 is 1.78 bits per heavy atom. The molecule has 0 saturated heterocycles. The van der Waals surface area contributed by atoms with Gasteiger partial charge in [0.25, 0.3) is 0 Å². The zero-order valence-corrected chi connectivity index (χ0v) is 9.54. The molecule has 2 rings (SSSR count). The fourth-order valence-corrected chi connectivity index (χ4v) is 1.48. The van der Waals surface area contributed by atoms with Gasteiger partial charge >= 0.3 is 0 Å². The fourth-order valence-electron chi connectivity index (χ4n) is 1.48. The molecule has 0 aliphatic heterocycles.